The van der Waals surface area contributed by atoms with Gasteiger partial charge in [-0.15, -0.1) is 0 Å². The standard InChI is InChI=1S/C76H128O6/c1-4-7-10-13-16-19-22-24-26-28-30-32-34-35-36-37-38-39-40-41-43-44-46-48-50-52-54-57-60-63-66-69-75(78)81-72-73(71-80-74(77)68-65-62-59-56-21-18-15-12-9-6-3)82-76(79)70-67-64-61-58-55-53-51-49-47-45-42-33-31-29-27-25-23-20-17-14-11-8-5-2/h7,10,12,15-16,19,24,26,30,32,35-36,38-39,41,43,46,48,52,54,73H,4-6,8-9,11,13-14,17-18,20-23,25,27-29,31,33-34,37,40,42,44-45,47,49-51,53,55-72H2,1-3H3/b10-7-,15-12-,19-16-,26-24-,32-30-,36-35-,39-38-,43-41-,48-46-,54-52-. The van der Waals surface area contributed by atoms with Crippen LogP contribution in [-0.4, -0.2) is 37.2 Å². The minimum absolute atomic E-state index is 0.0926. The molecule has 6 nitrogen and oxygen atoms in total. The highest BCUT2D eigenvalue weighted by molar-refractivity contribution is 5.71. The Morgan fingerprint density at radius 2 is 0.500 bits per heavy atom. The van der Waals surface area contributed by atoms with Crippen LogP contribution in [0.2, 0.25) is 0 Å². The van der Waals surface area contributed by atoms with E-state index in [0.717, 1.165) is 141 Å². The van der Waals surface area contributed by atoms with E-state index >= 15 is 0 Å². The van der Waals surface area contributed by atoms with Gasteiger partial charge >= 0.3 is 17.9 Å². The van der Waals surface area contributed by atoms with Crippen LogP contribution in [0.5, 0.6) is 0 Å². The van der Waals surface area contributed by atoms with Crippen molar-refractivity contribution >= 4 is 17.9 Å². The van der Waals surface area contributed by atoms with E-state index in [9.17, 15) is 14.4 Å². The lowest BCUT2D eigenvalue weighted by Gasteiger charge is -2.18. The van der Waals surface area contributed by atoms with Gasteiger partial charge < -0.3 is 14.2 Å². The van der Waals surface area contributed by atoms with Gasteiger partial charge in [0.1, 0.15) is 13.2 Å². The number of carbonyl (C=O) groups is 3. The average Bonchev–Trinajstić information content (AvgIpc) is 3.47. The number of esters is 3. The van der Waals surface area contributed by atoms with Gasteiger partial charge in [0.15, 0.2) is 6.10 Å². The van der Waals surface area contributed by atoms with E-state index in [4.69, 9.17) is 14.2 Å². The molecule has 0 rings (SSSR count). The summed E-state index contributed by atoms with van der Waals surface area (Å²) in [5, 5.41) is 0. The van der Waals surface area contributed by atoms with Crippen molar-refractivity contribution in [3.8, 4) is 0 Å². The van der Waals surface area contributed by atoms with Crippen LogP contribution in [-0.2, 0) is 28.6 Å². The molecule has 1 unspecified atom stereocenters. The van der Waals surface area contributed by atoms with E-state index in [1.165, 1.54) is 141 Å². The SMILES string of the molecule is CC/C=C\C/C=C\C/C=C\C/C=C\C/C=C\C/C=C\C/C=C\C/C=C\C/C=C\CCCCCC(=O)OCC(COC(=O)CCCCCCC/C=C\CCC)OC(=O)CCCCCCCCCCCCCCCCCCCCCCCCC. The summed E-state index contributed by atoms with van der Waals surface area (Å²) in [7, 11) is 0. The van der Waals surface area contributed by atoms with Gasteiger partial charge in [0, 0.05) is 19.3 Å². The maximum Gasteiger partial charge on any atom is 0.306 e. The second-order valence-corrected chi connectivity index (χ2v) is 22.7. The number of hydrogen-bond donors (Lipinski definition) is 0. The molecule has 0 aromatic carbocycles. The van der Waals surface area contributed by atoms with Crippen LogP contribution in [0.1, 0.15) is 323 Å². The van der Waals surface area contributed by atoms with Gasteiger partial charge in [-0.3, -0.25) is 14.4 Å². The van der Waals surface area contributed by atoms with E-state index in [1.54, 1.807) is 0 Å². The molecule has 0 bridgehead atoms. The molecule has 0 saturated carbocycles. The van der Waals surface area contributed by atoms with E-state index in [2.05, 4.69) is 142 Å². The summed E-state index contributed by atoms with van der Waals surface area (Å²) in [6.07, 6.45) is 96.6. The first-order valence-corrected chi connectivity index (χ1v) is 34.5. The fourth-order valence-corrected chi connectivity index (χ4v) is 9.56. The second kappa shape index (κ2) is 69.3. The molecule has 0 saturated heterocycles. The average molecular weight is 1140 g/mol. The number of hydrogen-bond acceptors (Lipinski definition) is 6. The first kappa shape index (κ1) is 77.8. The van der Waals surface area contributed by atoms with Gasteiger partial charge in [0.05, 0.1) is 0 Å². The van der Waals surface area contributed by atoms with Crippen molar-refractivity contribution in [3.63, 3.8) is 0 Å². The van der Waals surface area contributed by atoms with Crippen molar-refractivity contribution in [2.75, 3.05) is 13.2 Å². The minimum atomic E-state index is -0.797. The van der Waals surface area contributed by atoms with Gasteiger partial charge in [0.2, 0.25) is 0 Å². The van der Waals surface area contributed by atoms with Crippen LogP contribution in [0, 0.1) is 0 Å². The maximum atomic E-state index is 12.9. The van der Waals surface area contributed by atoms with Crippen LogP contribution in [0.4, 0.5) is 0 Å². The summed E-state index contributed by atoms with van der Waals surface area (Å²) >= 11 is 0. The number of ether oxygens (including phenoxy) is 3. The summed E-state index contributed by atoms with van der Waals surface area (Å²) in [5.74, 6) is -0.927. The van der Waals surface area contributed by atoms with E-state index in [0.29, 0.717) is 19.3 Å². The number of unbranched alkanes of at least 4 members (excludes halogenated alkanes) is 31. The van der Waals surface area contributed by atoms with E-state index < -0.39 is 6.10 Å². The topological polar surface area (TPSA) is 78.9 Å². The molecular formula is C76H128O6. The summed E-state index contributed by atoms with van der Waals surface area (Å²) < 4.78 is 16.9. The lowest BCUT2D eigenvalue weighted by Crippen LogP contribution is -2.30. The van der Waals surface area contributed by atoms with Crippen molar-refractivity contribution in [1.29, 1.82) is 0 Å². The molecule has 82 heavy (non-hydrogen) atoms. The Bertz CT molecular complexity index is 1690. The molecule has 0 N–H and O–H groups in total. The molecular weight excluding hydrogens is 1010 g/mol. The second-order valence-electron chi connectivity index (χ2n) is 22.7. The van der Waals surface area contributed by atoms with Gasteiger partial charge in [-0.2, -0.15) is 0 Å². The molecule has 468 valence electrons. The summed E-state index contributed by atoms with van der Waals surface area (Å²) in [4.78, 5) is 38.3. The zero-order valence-corrected chi connectivity index (χ0v) is 53.7. The molecule has 0 aliphatic rings. The third kappa shape index (κ3) is 66.6. The monoisotopic (exact) mass is 1140 g/mol. The molecule has 0 heterocycles. The van der Waals surface area contributed by atoms with Gasteiger partial charge in [-0.25, -0.2) is 0 Å². The van der Waals surface area contributed by atoms with Gasteiger partial charge in [-0.05, 0) is 109 Å². The van der Waals surface area contributed by atoms with Crippen LogP contribution >= 0.6 is 0 Å². The molecule has 0 spiro atoms. The van der Waals surface area contributed by atoms with Crippen LogP contribution in [0.3, 0.4) is 0 Å². The normalized spacial score (nSPS) is 12.9. The largest absolute Gasteiger partial charge is 0.462 e. The highest BCUT2D eigenvalue weighted by Crippen LogP contribution is 2.17. The minimum Gasteiger partial charge on any atom is -0.462 e. The lowest BCUT2D eigenvalue weighted by atomic mass is 10.0. The number of carbonyl (C=O) groups excluding carboxylic acids is 3. The lowest BCUT2D eigenvalue weighted by molar-refractivity contribution is -0.167. The molecule has 6 heteroatoms. The zero-order chi connectivity index (χ0) is 59.2. The predicted octanol–water partition coefficient (Wildman–Crippen LogP) is 23.9. The molecule has 0 aliphatic heterocycles. The molecule has 0 amide bonds. The third-order valence-corrected chi connectivity index (χ3v) is 14.7. The van der Waals surface area contributed by atoms with Crippen molar-refractivity contribution in [2.24, 2.45) is 0 Å². The highest BCUT2D eigenvalue weighted by Gasteiger charge is 2.19. The maximum absolute atomic E-state index is 12.9. The summed E-state index contributed by atoms with van der Waals surface area (Å²) in [6, 6.07) is 0. The Morgan fingerprint density at radius 1 is 0.256 bits per heavy atom. The first-order chi connectivity index (χ1) is 40.5. The Labute approximate surface area is 507 Å². The van der Waals surface area contributed by atoms with Gasteiger partial charge in [-0.1, -0.05) is 316 Å². The van der Waals surface area contributed by atoms with Crippen molar-refractivity contribution in [1.82, 2.24) is 0 Å². The Hall–Kier alpha value is -4.19. The highest BCUT2D eigenvalue weighted by atomic mass is 16.6. The summed E-state index contributed by atoms with van der Waals surface area (Å²) in [6.45, 7) is 6.46. The predicted molar refractivity (Wildman–Crippen MR) is 357 cm³/mol. The molecule has 1 atom stereocenters. The summed E-state index contributed by atoms with van der Waals surface area (Å²) in [5.41, 5.74) is 0. The zero-order valence-electron chi connectivity index (χ0n) is 53.7. The quantitative estimate of drug-likeness (QED) is 0.0261. The van der Waals surface area contributed by atoms with Crippen LogP contribution in [0.15, 0.2) is 122 Å². The molecule has 0 aromatic rings. The van der Waals surface area contributed by atoms with E-state index in [1.807, 2.05) is 0 Å². The molecule has 0 aromatic heterocycles. The molecule has 0 radical (unpaired) electrons. The fourth-order valence-electron chi connectivity index (χ4n) is 9.56. The van der Waals surface area contributed by atoms with Crippen molar-refractivity contribution in [3.05, 3.63) is 122 Å². The Morgan fingerprint density at radius 3 is 0.817 bits per heavy atom. The Kier molecular flexibility index (Phi) is 65.8. The fraction of sp³-hybridized carbons (Fsp3) is 0.697. The Balaban J connectivity index is 4.29. The molecule has 0 fully saturated rings. The van der Waals surface area contributed by atoms with Crippen molar-refractivity contribution in [2.45, 2.75) is 329 Å². The van der Waals surface area contributed by atoms with Gasteiger partial charge in [0.25, 0.3) is 0 Å². The van der Waals surface area contributed by atoms with Crippen molar-refractivity contribution < 1.29 is 28.6 Å². The first-order valence-electron chi connectivity index (χ1n) is 34.5. The number of allylic oxidation sites excluding steroid dienone is 20. The third-order valence-electron chi connectivity index (χ3n) is 14.7. The number of rotatable bonds is 62. The molecule has 0 aliphatic carbocycles. The van der Waals surface area contributed by atoms with Crippen LogP contribution < -0.4 is 0 Å². The van der Waals surface area contributed by atoms with E-state index in [-0.39, 0.29) is 31.1 Å². The smallest absolute Gasteiger partial charge is 0.306 e. The van der Waals surface area contributed by atoms with Crippen LogP contribution in [0.25, 0.3) is 0 Å².